The third-order valence-electron chi connectivity index (χ3n) is 5.00. The minimum atomic E-state index is -3.66. The molecule has 0 spiro atoms. The molecule has 1 aliphatic rings. The Hall–Kier alpha value is -3.01. The predicted octanol–water partition coefficient (Wildman–Crippen LogP) is 2.75. The van der Waals surface area contributed by atoms with E-state index < -0.39 is 21.8 Å². The van der Waals surface area contributed by atoms with Crippen molar-refractivity contribution in [3.05, 3.63) is 70.9 Å². The lowest BCUT2D eigenvalue weighted by Gasteiger charge is -2.16. The van der Waals surface area contributed by atoms with E-state index in [1.807, 2.05) is 0 Å². The zero-order chi connectivity index (χ0) is 22.0. The SMILES string of the molecule is O=C(NNC(=O)c1cc(Cl)cc2cccnc12)c1cccc(S(=O)(=O)N2CCCC2)c1. The molecule has 1 saturated heterocycles. The molecule has 4 rings (SSSR count). The molecule has 1 aliphatic heterocycles. The highest BCUT2D eigenvalue weighted by Crippen LogP contribution is 2.23. The van der Waals surface area contributed by atoms with Crippen LogP contribution in [0.15, 0.2) is 59.6 Å². The molecular weight excluding hydrogens is 440 g/mol. The molecule has 0 unspecified atom stereocenters. The maximum Gasteiger partial charge on any atom is 0.271 e. The Morgan fingerprint density at radius 1 is 0.968 bits per heavy atom. The molecule has 31 heavy (non-hydrogen) atoms. The summed E-state index contributed by atoms with van der Waals surface area (Å²) < 4.78 is 26.8. The summed E-state index contributed by atoms with van der Waals surface area (Å²) >= 11 is 6.08. The molecule has 0 radical (unpaired) electrons. The quantitative estimate of drug-likeness (QED) is 0.584. The fourth-order valence-electron chi connectivity index (χ4n) is 3.46. The van der Waals surface area contributed by atoms with E-state index in [2.05, 4.69) is 15.8 Å². The second-order valence-electron chi connectivity index (χ2n) is 7.08. The van der Waals surface area contributed by atoms with Crippen molar-refractivity contribution in [3.8, 4) is 0 Å². The van der Waals surface area contributed by atoms with Gasteiger partial charge in [-0.1, -0.05) is 23.7 Å². The van der Waals surface area contributed by atoms with Crippen LogP contribution in [0.1, 0.15) is 33.6 Å². The number of nitrogens with one attached hydrogen (secondary N) is 2. The molecule has 10 heteroatoms. The van der Waals surface area contributed by atoms with Gasteiger partial charge in [0.15, 0.2) is 0 Å². The molecule has 1 fully saturated rings. The highest BCUT2D eigenvalue weighted by molar-refractivity contribution is 7.89. The van der Waals surface area contributed by atoms with E-state index >= 15 is 0 Å². The Bertz CT molecular complexity index is 1270. The molecule has 0 saturated carbocycles. The summed E-state index contributed by atoms with van der Waals surface area (Å²) in [4.78, 5) is 29.4. The third kappa shape index (κ3) is 4.39. The molecule has 2 aromatic carbocycles. The zero-order valence-electron chi connectivity index (χ0n) is 16.3. The summed E-state index contributed by atoms with van der Waals surface area (Å²) in [6.45, 7) is 0.937. The van der Waals surface area contributed by atoms with Crippen LogP contribution in [-0.4, -0.2) is 42.6 Å². The number of hydrazine groups is 1. The summed E-state index contributed by atoms with van der Waals surface area (Å²) in [7, 11) is -3.66. The van der Waals surface area contributed by atoms with Gasteiger partial charge < -0.3 is 0 Å². The van der Waals surface area contributed by atoms with E-state index in [1.165, 1.54) is 34.6 Å². The van der Waals surface area contributed by atoms with Crippen molar-refractivity contribution in [1.82, 2.24) is 20.1 Å². The standard InChI is InChI=1S/C21H19ClN4O4S/c22-16-11-14-6-4-8-23-19(14)18(13-16)21(28)25-24-20(27)15-5-3-7-17(12-15)31(29,30)26-9-1-2-10-26/h3-8,11-13H,1-2,9-10H2,(H,24,27)(H,25,28). The van der Waals surface area contributed by atoms with E-state index in [0.717, 1.165) is 12.8 Å². The summed E-state index contributed by atoms with van der Waals surface area (Å²) in [6, 6.07) is 12.4. The van der Waals surface area contributed by atoms with E-state index in [-0.39, 0.29) is 16.0 Å². The number of fused-ring (bicyclic) bond motifs is 1. The van der Waals surface area contributed by atoms with Gasteiger partial charge in [0.1, 0.15) is 0 Å². The Kier molecular flexibility index (Phi) is 5.90. The number of hydrogen-bond donors (Lipinski definition) is 2. The lowest BCUT2D eigenvalue weighted by Crippen LogP contribution is -2.41. The van der Waals surface area contributed by atoms with E-state index in [1.54, 1.807) is 24.4 Å². The first-order valence-electron chi connectivity index (χ1n) is 9.61. The first-order valence-corrected chi connectivity index (χ1v) is 11.4. The van der Waals surface area contributed by atoms with Gasteiger partial charge in [0, 0.05) is 35.3 Å². The number of rotatable bonds is 4. The van der Waals surface area contributed by atoms with Crippen LogP contribution >= 0.6 is 11.6 Å². The number of hydrogen-bond acceptors (Lipinski definition) is 5. The van der Waals surface area contributed by atoms with Crippen LogP contribution in [0.5, 0.6) is 0 Å². The molecule has 0 atom stereocenters. The molecule has 3 aromatic rings. The highest BCUT2D eigenvalue weighted by atomic mass is 35.5. The van der Waals surface area contributed by atoms with Gasteiger partial charge in [0.2, 0.25) is 10.0 Å². The monoisotopic (exact) mass is 458 g/mol. The molecule has 2 N–H and O–H groups in total. The maximum absolute atomic E-state index is 12.7. The lowest BCUT2D eigenvalue weighted by molar-refractivity contribution is 0.0847. The molecule has 0 aliphatic carbocycles. The van der Waals surface area contributed by atoms with Gasteiger partial charge in [-0.05, 0) is 49.2 Å². The molecule has 0 bridgehead atoms. The number of nitrogens with zero attached hydrogens (tertiary/aromatic N) is 2. The molecule has 160 valence electrons. The first-order chi connectivity index (χ1) is 14.9. The average Bonchev–Trinajstić information content (AvgIpc) is 3.32. The van der Waals surface area contributed by atoms with Gasteiger partial charge in [0.25, 0.3) is 11.8 Å². The minimum absolute atomic E-state index is 0.0402. The van der Waals surface area contributed by atoms with Gasteiger partial charge in [0.05, 0.1) is 16.0 Å². The van der Waals surface area contributed by atoms with Crippen molar-refractivity contribution in [1.29, 1.82) is 0 Å². The third-order valence-corrected chi connectivity index (χ3v) is 7.12. The summed E-state index contributed by atoms with van der Waals surface area (Å²) in [5, 5.41) is 1.04. The summed E-state index contributed by atoms with van der Waals surface area (Å²) in [5.41, 5.74) is 5.40. The zero-order valence-corrected chi connectivity index (χ0v) is 17.9. The van der Waals surface area contributed by atoms with E-state index in [9.17, 15) is 18.0 Å². The van der Waals surface area contributed by atoms with Gasteiger partial charge in [-0.25, -0.2) is 8.42 Å². The van der Waals surface area contributed by atoms with Crippen molar-refractivity contribution in [2.45, 2.75) is 17.7 Å². The van der Waals surface area contributed by atoms with Crippen molar-refractivity contribution in [2.75, 3.05) is 13.1 Å². The Morgan fingerprint density at radius 2 is 1.71 bits per heavy atom. The van der Waals surface area contributed by atoms with Gasteiger partial charge in [-0.2, -0.15) is 4.31 Å². The number of sulfonamides is 1. The second-order valence-corrected chi connectivity index (χ2v) is 9.45. The average molecular weight is 459 g/mol. The summed E-state index contributed by atoms with van der Waals surface area (Å²) in [6.07, 6.45) is 3.19. The van der Waals surface area contributed by atoms with Crippen molar-refractivity contribution in [3.63, 3.8) is 0 Å². The van der Waals surface area contributed by atoms with Crippen LogP contribution in [0, 0.1) is 0 Å². The van der Waals surface area contributed by atoms with E-state index in [4.69, 9.17) is 11.6 Å². The number of carbonyl (C=O) groups is 2. The Balaban J connectivity index is 1.50. The largest absolute Gasteiger partial charge is 0.271 e. The second kappa shape index (κ2) is 8.62. The van der Waals surface area contributed by atoms with Gasteiger partial charge in [-0.15, -0.1) is 0 Å². The minimum Gasteiger partial charge on any atom is -0.267 e. The molecular formula is C21H19ClN4O4S. The fraction of sp³-hybridized carbons (Fsp3) is 0.190. The first kappa shape index (κ1) is 21.2. The van der Waals surface area contributed by atoms with Crippen LogP contribution in [0.3, 0.4) is 0 Å². The van der Waals surface area contributed by atoms with Gasteiger partial charge >= 0.3 is 0 Å². The summed E-state index contributed by atoms with van der Waals surface area (Å²) in [5.74, 6) is -1.24. The molecule has 1 aromatic heterocycles. The van der Waals surface area contributed by atoms with Crippen LogP contribution < -0.4 is 10.9 Å². The van der Waals surface area contributed by atoms with Crippen LogP contribution in [-0.2, 0) is 10.0 Å². The smallest absolute Gasteiger partial charge is 0.267 e. The highest BCUT2D eigenvalue weighted by Gasteiger charge is 2.27. The molecule has 2 amide bonds. The van der Waals surface area contributed by atoms with Crippen LogP contribution in [0.2, 0.25) is 5.02 Å². The Labute approximate surface area is 184 Å². The van der Waals surface area contributed by atoms with Crippen molar-refractivity contribution >= 4 is 44.3 Å². The number of aromatic nitrogens is 1. The predicted molar refractivity (Wildman–Crippen MR) is 116 cm³/mol. The van der Waals surface area contributed by atoms with Gasteiger partial charge in [-0.3, -0.25) is 25.4 Å². The van der Waals surface area contributed by atoms with Crippen molar-refractivity contribution in [2.24, 2.45) is 0 Å². The molecule has 8 nitrogen and oxygen atoms in total. The Morgan fingerprint density at radius 3 is 2.48 bits per heavy atom. The maximum atomic E-state index is 12.7. The number of benzene rings is 2. The number of carbonyl (C=O) groups excluding carboxylic acids is 2. The van der Waals surface area contributed by atoms with E-state index in [0.29, 0.717) is 29.0 Å². The topological polar surface area (TPSA) is 108 Å². The number of amides is 2. The van der Waals surface area contributed by atoms with Crippen LogP contribution in [0.25, 0.3) is 10.9 Å². The number of halogens is 1. The number of pyridine rings is 1. The molecule has 2 heterocycles. The lowest BCUT2D eigenvalue weighted by atomic mass is 10.1. The van der Waals surface area contributed by atoms with Crippen LogP contribution in [0.4, 0.5) is 0 Å². The normalized spacial score (nSPS) is 14.5. The van der Waals surface area contributed by atoms with Crippen molar-refractivity contribution < 1.29 is 18.0 Å². The fourth-order valence-corrected chi connectivity index (χ4v) is 5.25.